The SMILES string of the molecule is CN(c1ccccc1)c1nc(N)nc(-c2noc(-c3ccnn3CC(F)(F)F)n2)n1. The third-order valence-electron chi connectivity index (χ3n) is 3.98. The van der Waals surface area contributed by atoms with Gasteiger partial charge in [-0.2, -0.15) is 38.2 Å². The van der Waals surface area contributed by atoms with Crippen LogP contribution >= 0.6 is 0 Å². The standard InChI is InChI=1S/C17H14F3N9O/c1-28(10-5-3-2-4-6-10)16-25-12(24-15(21)26-16)13-23-14(30-27-13)11-7-8-22-29(11)9-17(18,19)20/h2-8H,9H2,1H3,(H2,21,24,25,26). The fourth-order valence-corrected chi connectivity index (χ4v) is 2.63. The molecule has 0 radical (unpaired) electrons. The molecule has 3 heterocycles. The van der Waals surface area contributed by atoms with Gasteiger partial charge in [-0.05, 0) is 18.2 Å². The molecule has 1 aromatic carbocycles. The fourth-order valence-electron chi connectivity index (χ4n) is 2.63. The summed E-state index contributed by atoms with van der Waals surface area (Å²) in [6.45, 7) is -1.29. The lowest BCUT2D eigenvalue weighted by Crippen LogP contribution is -2.19. The maximum Gasteiger partial charge on any atom is 0.408 e. The normalized spacial score (nSPS) is 11.6. The Morgan fingerprint density at radius 3 is 2.53 bits per heavy atom. The molecule has 2 N–H and O–H groups in total. The second-order valence-electron chi connectivity index (χ2n) is 6.12. The van der Waals surface area contributed by atoms with E-state index in [-0.39, 0.29) is 35.1 Å². The Kier molecular flexibility index (Phi) is 4.77. The number of hydrogen-bond donors (Lipinski definition) is 1. The predicted molar refractivity (Wildman–Crippen MR) is 99.3 cm³/mol. The van der Waals surface area contributed by atoms with Crippen LogP contribution in [0.2, 0.25) is 0 Å². The zero-order chi connectivity index (χ0) is 21.3. The van der Waals surface area contributed by atoms with Gasteiger partial charge in [0.1, 0.15) is 12.2 Å². The first kappa shape index (κ1) is 19.3. The Labute approximate surface area is 167 Å². The molecule has 0 saturated heterocycles. The number of rotatable bonds is 5. The minimum absolute atomic E-state index is 0.00901. The van der Waals surface area contributed by atoms with E-state index in [4.69, 9.17) is 10.3 Å². The van der Waals surface area contributed by atoms with Crippen LogP contribution in [0.3, 0.4) is 0 Å². The summed E-state index contributed by atoms with van der Waals surface area (Å²) >= 11 is 0. The minimum Gasteiger partial charge on any atom is -0.368 e. The van der Waals surface area contributed by atoms with Crippen LogP contribution in [-0.2, 0) is 6.54 Å². The lowest BCUT2D eigenvalue weighted by Gasteiger charge is -2.17. The van der Waals surface area contributed by atoms with Crippen molar-refractivity contribution in [2.45, 2.75) is 12.7 Å². The molecular formula is C17H14F3N9O. The van der Waals surface area contributed by atoms with E-state index in [1.54, 1.807) is 11.9 Å². The molecule has 0 saturated carbocycles. The lowest BCUT2D eigenvalue weighted by atomic mass is 10.3. The molecule has 0 aliphatic carbocycles. The van der Waals surface area contributed by atoms with Crippen LogP contribution in [0.1, 0.15) is 0 Å². The van der Waals surface area contributed by atoms with Crippen molar-refractivity contribution in [2.24, 2.45) is 0 Å². The largest absolute Gasteiger partial charge is 0.408 e. The highest BCUT2D eigenvalue weighted by atomic mass is 19.4. The van der Waals surface area contributed by atoms with Crippen LogP contribution in [0.5, 0.6) is 0 Å². The third-order valence-corrected chi connectivity index (χ3v) is 3.98. The number of benzene rings is 1. The number of hydrogen-bond acceptors (Lipinski definition) is 9. The Morgan fingerprint density at radius 1 is 1.03 bits per heavy atom. The van der Waals surface area contributed by atoms with E-state index < -0.39 is 12.7 Å². The highest BCUT2D eigenvalue weighted by Crippen LogP contribution is 2.26. The Balaban J connectivity index is 1.66. The Morgan fingerprint density at radius 2 is 1.80 bits per heavy atom. The lowest BCUT2D eigenvalue weighted by molar-refractivity contribution is -0.142. The molecule has 13 heteroatoms. The van der Waals surface area contributed by atoms with Gasteiger partial charge in [0.05, 0.1) is 0 Å². The first-order valence-electron chi connectivity index (χ1n) is 8.53. The summed E-state index contributed by atoms with van der Waals surface area (Å²) in [7, 11) is 1.74. The number of para-hydroxylation sites is 1. The quantitative estimate of drug-likeness (QED) is 0.522. The van der Waals surface area contributed by atoms with Crippen molar-refractivity contribution in [3.63, 3.8) is 0 Å². The minimum atomic E-state index is -4.46. The summed E-state index contributed by atoms with van der Waals surface area (Å²) in [4.78, 5) is 18.2. The molecule has 4 aromatic rings. The van der Waals surface area contributed by atoms with Crippen LogP contribution in [0.15, 0.2) is 47.1 Å². The molecular weight excluding hydrogens is 403 g/mol. The summed E-state index contributed by atoms with van der Waals surface area (Å²) < 4.78 is 44.0. The summed E-state index contributed by atoms with van der Waals surface area (Å²) in [6.07, 6.45) is -3.25. The van der Waals surface area contributed by atoms with Crippen molar-refractivity contribution >= 4 is 17.6 Å². The van der Waals surface area contributed by atoms with Gasteiger partial charge in [-0.25, -0.2) is 0 Å². The molecule has 0 fully saturated rings. The van der Waals surface area contributed by atoms with Gasteiger partial charge >= 0.3 is 6.18 Å². The van der Waals surface area contributed by atoms with E-state index in [0.29, 0.717) is 4.68 Å². The molecule has 0 amide bonds. The van der Waals surface area contributed by atoms with Gasteiger partial charge in [0.2, 0.25) is 23.5 Å². The average molecular weight is 417 g/mol. The summed E-state index contributed by atoms with van der Waals surface area (Å²) in [6, 6.07) is 10.6. The van der Waals surface area contributed by atoms with E-state index in [1.807, 2.05) is 30.3 Å². The summed E-state index contributed by atoms with van der Waals surface area (Å²) in [5.74, 6) is -0.0501. The van der Waals surface area contributed by atoms with E-state index in [0.717, 1.165) is 5.69 Å². The summed E-state index contributed by atoms with van der Waals surface area (Å²) in [5.41, 5.74) is 6.61. The van der Waals surface area contributed by atoms with E-state index in [1.165, 1.54) is 12.3 Å². The van der Waals surface area contributed by atoms with Crippen LogP contribution in [0, 0.1) is 0 Å². The van der Waals surface area contributed by atoms with E-state index >= 15 is 0 Å². The second-order valence-corrected chi connectivity index (χ2v) is 6.12. The van der Waals surface area contributed by atoms with Crippen molar-refractivity contribution in [1.29, 1.82) is 0 Å². The number of anilines is 3. The van der Waals surface area contributed by atoms with Gasteiger partial charge in [0, 0.05) is 18.9 Å². The number of nitrogen functional groups attached to an aromatic ring is 1. The molecule has 3 aromatic heterocycles. The predicted octanol–water partition coefficient (Wildman–Crippen LogP) is 2.70. The maximum absolute atomic E-state index is 12.7. The zero-order valence-electron chi connectivity index (χ0n) is 15.4. The zero-order valence-corrected chi connectivity index (χ0v) is 15.4. The molecule has 0 aliphatic heterocycles. The fraction of sp³-hybridized carbons (Fsp3) is 0.176. The molecule has 4 rings (SSSR count). The van der Waals surface area contributed by atoms with Crippen LogP contribution < -0.4 is 10.6 Å². The van der Waals surface area contributed by atoms with Crippen LogP contribution in [-0.4, -0.2) is 48.1 Å². The molecule has 30 heavy (non-hydrogen) atoms. The molecule has 154 valence electrons. The van der Waals surface area contributed by atoms with Gasteiger partial charge in [0.25, 0.3) is 5.89 Å². The van der Waals surface area contributed by atoms with Crippen molar-refractivity contribution in [3.8, 4) is 23.2 Å². The number of nitrogens with zero attached hydrogens (tertiary/aromatic N) is 8. The molecule has 10 nitrogen and oxygen atoms in total. The van der Waals surface area contributed by atoms with Gasteiger partial charge in [0.15, 0.2) is 0 Å². The third kappa shape index (κ3) is 4.04. The van der Waals surface area contributed by atoms with Crippen molar-refractivity contribution in [3.05, 3.63) is 42.6 Å². The smallest absolute Gasteiger partial charge is 0.368 e. The van der Waals surface area contributed by atoms with Gasteiger partial charge < -0.3 is 15.2 Å². The van der Waals surface area contributed by atoms with Gasteiger partial charge in [-0.15, -0.1) is 0 Å². The molecule has 0 bridgehead atoms. The monoisotopic (exact) mass is 417 g/mol. The number of alkyl halides is 3. The van der Waals surface area contributed by atoms with Crippen molar-refractivity contribution in [2.75, 3.05) is 17.7 Å². The molecule has 0 unspecified atom stereocenters. The topological polar surface area (TPSA) is 125 Å². The van der Waals surface area contributed by atoms with E-state index in [9.17, 15) is 13.2 Å². The van der Waals surface area contributed by atoms with E-state index in [2.05, 4.69) is 30.2 Å². The van der Waals surface area contributed by atoms with Gasteiger partial charge in [-0.3, -0.25) is 4.68 Å². The first-order chi connectivity index (χ1) is 14.3. The Bertz CT molecular complexity index is 1160. The van der Waals surface area contributed by atoms with Crippen molar-refractivity contribution < 1.29 is 17.7 Å². The molecule has 0 atom stereocenters. The highest BCUT2D eigenvalue weighted by Gasteiger charge is 2.30. The maximum atomic E-state index is 12.7. The van der Waals surface area contributed by atoms with Crippen molar-refractivity contribution in [1.82, 2.24) is 34.9 Å². The average Bonchev–Trinajstić information content (AvgIpc) is 3.35. The second kappa shape index (κ2) is 7.42. The van der Waals surface area contributed by atoms with Crippen LogP contribution in [0.4, 0.5) is 30.8 Å². The number of nitrogens with two attached hydrogens (primary N) is 1. The van der Waals surface area contributed by atoms with Gasteiger partial charge in [-0.1, -0.05) is 23.4 Å². The molecule has 0 aliphatic rings. The first-order valence-corrected chi connectivity index (χ1v) is 8.53. The van der Waals surface area contributed by atoms with Crippen LogP contribution in [0.25, 0.3) is 23.2 Å². The Hall–Kier alpha value is -4.03. The number of halogens is 3. The molecule has 0 spiro atoms. The number of aromatic nitrogens is 7. The summed E-state index contributed by atoms with van der Waals surface area (Å²) in [5, 5.41) is 7.40. The highest BCUT2D eigenvalue weighted by molar-refractivity contribution is 5.59.